The molecule has 5 nitrogen and oxygen atoms in total. The smallest absolute Gasteiger partial charge is 0.331 e. The number of nitrogens with zero attached hydrogens (tertiary/aromatic N) is 2. The van der Waals surface area contributed by atoms with E-state index in [9.17, 15) is 4.79 Å². The Kier molecular flexibility index (Phi) is 5.67. The van der Waals surface area contributed by atoms with Gasteiger partial charge in [0.2, 0.25) is 0 Å². The molecule has 0 aliphatic carbocycles. The van der Waals surface area contributed by atoms with Crippen LogP contribution in [0.2, 0.25) is 0 Å². The van der Waals surface area contributed by atoms with Crippen LogP contribution in [0.3, 0.4) is 0 Å². The Labute approximate surface area is 148 Å². The predicted molar refractivity (Wildman–Crippen MR) is 102 cm³/mol. The number of amidine groups is 1. The molecular formula is C20H23N3O2. The van der Waals surface area contributed by atoms with Gasteiger partial charge in [-0.25, -0.2) is 4.79 Å². The van der Waals surface area contributed by atoms with E-state index in [-0.39, 0.29) is 6.03 Å². The lowest BCUT2D eigenvalue weighted by molar-refractivity contribution is 0.259. The Morgan fingerprint density at radius 1 is 1.04 bits per heavy atom. The molecule has 0 saturated carbocycles. The topological polar surface area (TPSA) is 53.9 Å². The fourth-order valence-electron chi connectivity index (χ4n) is 2.86. The first-order valence-electron chi connectivity index (χ1n) is 8.61. The molecular weight excluding hydrogens is 314 g/mol. The molecule has 0 aromatic heterocycles. The number of amides is 2. The van der Waals surface area contributed by atoms with Gasteiger partial charge in [0.05, 0.1) is 12.8 Å². The first-order valence-corrected chi connectivity index (χ1v) is 8.61. The number of aliphatic imine (C=N–C) groups is 1. The van der Waals surface area contributed by atoms with Crippen LogP contribution in [-0.4, -0.2) is 25.5 Å². The summed E-state index contributed by atoms with van der Waals surface area (Å²) in [7, 11) is 1.63. The summed E-state index contributed by atoms with van der Waals surface area (Å²) >= 11 is 0. The van der Waals surface area contributed by atoms with Crippen molar-refractivity contribution in [1.82, 2.24) is 0 Å². The number of para-hydroxylation sites is 1. The van der Waals surface area contributed by atoms with Crippen molar-refractivity contribution < 1.29 is 9.53 Å². The van der Waals surface area contributed by atoms with Crippen LogP contribution in [0.15, 0.2) is 59.6 Å². The SMILES string of the molecule is COc1ccc(N(C(=O)Nc2ccccc2)C2=NCCCCC2)cc1. The molecule has 0 atom stereocenters. The molecule has 1 aliphatic rings. The summed E-state index contributed by atoms with van der Waals surface area (Å²) in [5, 5.41) is 2.96. The minimum absolute atomic E-state index is 0.197. The maximum atomic E-state index is 13.0. The van der Waals surface area contributed by atoms with Crippen LogP contribution in [0, 0.1) is 0 Å². The minimum Gasteiger partial charge on any atom is -0.497 e. The van der Waals surface area contributed by atoms with E-state index in [1.807, 2.05) is 54.6 Å². The maximum absolute atomic E-state index is 13.0. The summed E-state index contributed by atoms with van der Waals surface area (Å²) < 4.78 is 5.22. The van der Waals surface area contributed by atoms with Crippen LogP contribution >= 0.6 is 0 Å². The second-order valence-corrected chi connectivity index (χ2v) is 5.94. The van der Waals surface area contributed by atoms with E-state index in [1.165, 1.54) is 0 Å². The van der Waals surface area contributed by atoms with Crippen LogP contribution in [0.1, 0.15) is 25.7 Å². The average Bonchev–Trinajstić information content (AvgIpc) is 2.93. The normalized spacial score (nSPS) is 14.2. The highest BCUT2D eigenvalue weighted by Gasteiger charge is 2.22. The van der Waals surface area contributed by atoms with Gasteiger partial charge in [-0.05, 0) is 49.2 Å². The summed E-state index contributed by atoms with van der Waals surface area (Å²) in [5.41, 5.74) is 1.55. The number of ether oxygens (including phenoxy) is 1. The Morgan fingerprint density at radius 3 is 2.52 bits per heavy atom. The number of carbonyl (C=O) groups is 1. The highest BCUT2D eigenvalue weighted by atomic mass is 16.5. The molecule has 2 aromatic rings. The fraction of sp³-hybridized carbons (Fsp3) is 0.300. The van der Waals surface area contributed by atoms with Crippen LogP contribution < -0.4 is 15.0 Å². The molecule has 0 spiro atoms. The number of hydrogen-bond acceptors (Lipinski definition) is 3. The van der Waals surface area contributed by atoms with E-state index in [1.54, 1.807) is 12.0 Å². The van der Waals surface area contributed by atoms with Gasteiger partial charge in [-0.2, -0.15) is 0 Å². The number of nitrogens with one attached hydrogen (secondary N) is 1. The number of methoxy groups -OCH3 is 1. The summed E-state index contributed by atoms with van der Waals surface area (Å²) in [6, 6.07) is 16.8. The molecule has 1 heterocycles. The predicted octanol–water partition coefficient (Wildman–Crippen LogP) is 4.71. The van der Waals surface area contributed by atoms with E-state index in [0.29, 0.717) is 0 Å². The molecule has 2 amide bonds. The summed E-state index contributed by atoms with van der Waals surface area (Å²) in [6.07, 6.45) is 4.06. The minimum atomic E-state index is -0.197. The van der Waals surface area contributed by atoms with E-state index < -0.39 is 0 Å². The highest BCUT2D eigenvalue weighted by molar-refractivity contribution is 6.20. The van der Waals surface area contributed by atoms with Gasteiger partial charge in [0, 0.05) is 18.7 Å². The second kappa shape index (κ2) is 8.33. The quantitative estimate of drug-likeness (QED) is 0.882. The second-order valence-electron chi connectivity index (χ2n) is 5.94. The third-order valence-electron chi connectivity index (χ3n) is 4.17. The van der Waals surface area contributed by atoms with Crippen molar-refractivity contribution in [3.63, 3.8) is 0 Å². The lowest BCUT2D eigenvalue weighted by Gasteiger charge is -2.24. The molecule has 0 radical (unpaired) electrons. The first-order chi connectivity index (χ1) is 12.3. The van der Waals surface area contributed by atoms with Gasteiger partial charge in [0.15, 0.2) is 0 Å². The van der Waals surface area contributed by atoms with Gasteiger partial charge < -0.3 is 10.1 Å². The van der Waals surface area contributed by atoms with Crippen molar-refractivity contribution in [2.24, 2.45) is 4.99 Å². The van der Waals surface area contributed by atoms with E-state index in [2.05, 4.69) is 10.3 Å². The van der Waals surface area contributed by atoms with Crippen molar-refractivity contribution in [2.75, 3.05) is 23.9 Å². The Bertz CT molecular complexity index is 726. The van der Waals surface area contributed by atoms with E-state index in [0.717, 1.165) is 55.2 Å². The van der Waals surface area contributed by atoms with Crippen LogP contribution in [-0.2, 0) is 0 Å². The Balaban J connectivity index is 1.89. The number of carbonyl (C=O) groups excluding carboxylic acids is 1. The van der Waals surface area contributed by atoms with Crippen molar-refractivity contribution in [1.29, 1.82) is 0 Å². The van der Waals surface area contributed by atoms with Gasteiger partial charge in [-0.15, -0.1) is 0 Å². The molecule has 1 N–H and O–H groups in total. The number of anilines is 2. The number of benzene rings is 2. The van der Waals surface area contributed by atoms with Gasteiger partial charge in [0.1, 0.15) is 11.6 Å². The standard InChI is InChI=1S/C20H23N3O2/c1-25-18-13-11-17(12-14-18)23(19-10-6-3-7-15-21-19)20(24)22-16-8-4-2-5-9-16/h2,4-5,8-9,11-14H,3,6-7,10,15H2,1H3,(H,22,24). The molecule has 130 valence electrons. The largest absolute Gasteiger partial charge is 0.497 e. The molecule has 0 bridgehead atoms. The van der Waals surface area contributed by atoms with Crippen LogP contribution in [0.25, 0.3) is 0 Å². The fourth-order valence-corrected chi connectivity index (χ4v) is 2.86. The van der Waals surface area contributed by atoms with Gasteiger partial charge in [0.25, 0.3) is 0 Å². The lowest BCUT2D eigenvalue weighted by Crippen LogP contribution is -2.40. The van der Waals surface area contributed by atoms with Crippen molar-refractivity contribution >= 4 is 23.2 Å². The molecule has 0 fully saturated rings. The zero-order valence-corrected chi connectivity index (χ0v) is 14.4. The number of rotatable bonds is 3. The van der Waals surface area contributed by atoms with Crippen LogP contribution in [0.5, 0.6) is 5.75 Å². The van der Waals surface area contributed by atoms with Crippen molar-refractivity contribution in [3.05, 3.63) is 54.6 Å². The number of hydrogen-bond donors (Lipinski definition) is 1. The molecule has 3 rings (SSSR count). The first kappa shape index (κ1) is 17.0. The molecule has 0 unspecified atom stereocenters. The molecule has 25 heavy (non-hydrogen) atoms. The average molecular weight is 337 g/mol. The zero-order chi connectivity index (χ0) is 17.5. The molecule has 2 aromatic carbocycles. The van der Waals surface area contributed by atoms with Gasteiger partial charge >= 0.3 is 6.03 Å². The van der Waals surface area contributed by atoms with Gasteiger partial charge in [-0.3, -0.25) is 9.89 Å². The molecule has 1 aliphatic heterocycles. The van der Waals surface area contributed by atoms with E-state index >= 15 is 0 Å². The van der Waals surface area contributed by atoms with Gasteiger partial charge in [-0.1, -0.05) is 24.6 Å². The third-order valence-corrected chi connectivity index (χ3v) is 4.17. The zero-order valence-electron chi connectivity index (χ0n) is 14.4. The maximum Gasteiger partial charge on any atom is 0.331 e. The Hall–Kier alpha value is -2.82. The lowest BCUT2D eigenvalue weighted by atomic mass is 10.2. The summed E-state index contributed by atoms with van der Waals surface area (Å²) in [4.78, 5) is 19.3. The third kappa shape index (κ3) is 4.38. The van der Waals surface area contributed by atoms with E-state index in [4.69, 9.17) is 4.74 Å². The highest BCUT2D eigenvalue weighted by Crippen LogP contribution is 2.23. The Morgan fingerprint density at radius 2 is 1.80 bits per heavy atom. The van der Waals surface area contributed by atoms with Crippen molar-refractivity contribution in [3.8, 4) is 5.75 Å². The van der Waals surface area contributed by atoms with Crippen LogP contribution in [0.4, 0.5) is 16.2 Å². The molecule has 0 saturated heterocycles. The summed E-state index contributed by atoms with van der Waals surface area (Å²) in [6.45, 7) is 0.764. The number of urea groups is 1. The molecule has 5 heteroatoms. The van der Waals surface area contributed by atoms with Crippen molar-refractivity contribution in [2.45, 2.75) is 25.7 Å². The monoisotopic (exact) mass is 337 g/mol. The summed E-state index contributed by atoms with van der Waals surface area (Å²) in [5.74, 6) is 1.58.